The van der Waals surface area contributed by atoms with Crippen molar-refractivity contribution in [2.75, 3.05) is 0 Å². The molecule has 0 radical (unpaired) electrons. The Labute approximate surface area is 114 Å². The van der Waals surface area contributed by atoms with Crippen molar-refractivity contribution in [3.63, 3.8) is 0 Å². The number of benzene rings is 2. The van der Waals surface area contributed by atoms with E-state index in [4.69, 9.17) is 4.52 Å². The van der Waals surface area contributed by atoms with Gasteiger partial charge in [0.25, 0.3) is 0 Å². The highest BCUT2D eigenvalue weighted by atomic mass is 16.5. The minimum atomic E-state index is -0.538. The third kappa shape index (κ3) is 2.42. The number of aromatic amines is 1. The molecule has 0 aliphatic carbocycles. The monoisotopic (exact) mass is 265 g/mol. The molecule has 0 atom stereocenters. The molecule has 0 saturated carbocycles. The molecule has 0 aliphatic heterocycles. The predicted octanol–water partition coefficient (Wildman–Crippen LogP) is 4.05. The zero-order valence-corrected chi connectivity index (χ0v) is 10.5. The van der Waals surface area contributed by atoms with Gasteiger partial charge in [0.1, 0.15) is 5.69 Å². The standard InChI is InChI=1S/C15H11N3O2/c19-15-14(17-16-12-9-5-2-6-10-12)13(18-20-15)11-7-3-1-4-8-11/h1-10,18H. The van der Waals surface area contributed by atoms with E-state index in [1.54, 1.807) is 12.1 Å². The molecular formula is C15H11N3O2. The van der Waals surface area contributed by atoms with Gasteiger partial charge in [0.15, 0.2) is 5.69 Å². The first kappa shape index (κ1) is 12.1. The Kier molecular flexibility index (Phi) is 3.24. The summed E-state index contributed by atoms with van der Waals surface area (Å²) < 4.78 is 4.80. The lowest BCUT2D eigenvalue weighted by Crippen LogP contribution is -1.90. The van der Waals surface area contributed by atoms with E-state index in [2.05, 4.69) is 15.4 Å². The Morgan fingerprint density at radius 3 is 2.20 bits per heavy atom. The van der Waals surface area contributed by atoms with E-state index in [9.17, 15) is 4.79 Å². The molecule has 0 unspecified atom stereocenters. The molecule has 3 rings (SSSR count). The van der Waals surface area contributed by atoms with E-state index in [1.807, 2.05) is 48.5 Å². The minimum absolute atomic E-state index is 0.167. The van der Waals surface area contributed by atoms with E-state index in [0.29, 0.717) is 11.4 Å². The van der Waals surface area contributed by atoms with Crippen molar-refractivity contribution in [3.8, 4) is 11.3 Å². The van der Waals surface area contributed by atoms with E-state index >= 15 is 0 Å². The van der Waals surface area contributed by atoms with E-state index < -0.39 is 5.63 Å². The summed E-state index contributed by atoms with van der Waals surface area (Å²) in [6.45, 7) is 0. The van der Waals surface area contributed by atoms with Gasteiger partial charge in [-0.25, -0.2) is 9.95 Å². The third-order valence-corrected chi connectivity index (χ3v) is 2.76. The second kappa shape index (κ2) is 5.36. The van der Waals surface area contributed by atoms with Gasteiger partial charge in [-0.05, 0) is 12.1 Å². The summed E-state index contributed by atoms with van der Waals surface area (Å²) in [5.74, 6) is 0. The lowest BCUT2D eigenvalue weighted by molar-refractivity contribution is 0.394. The minimum Gasteiger partial charge on any atom is -0.336 e. The van der Waals surface area contributed by atoms with Gasteiger partial charge in [-0.15, -0.1) is 5.11 Å². The topological polar surface area (TPSA) is 70.7 Å². The van der Waals surface area contributed by atoms with Crippen LogP contribution < -0.4 is 5.63 Å². The molecule has 5 heteroatoms. The predicted molar refractivity (Wildman–Crippen MR) is 75.4 cm³/mol. The van der Waals surface area contributed by atoms with E-state index in [1.165, 1.54) is 0 Å². The lowest BCUT2D eigenvalue weighted by Gasteiger charge is -1.96. The number of rotatable bonds is 3. The van der Waals surface area contributed by atoms with Gasteiger partial charge >= 0.3 is 5.63 Å². The lowest BCUT2D eigenvalue weighted by atomic mass is 10.1. The molecule has 0 fully saturated rings. The van der Waals surface area contributed by atoms with Crippen molar-refractivity contribution in [1.82, 2.24) is 5.16 Å². The van der Waals surface area contributed by atoms with Crippen LogP contribution in [0.4, 0.5) is 11.4 Å². The summed E-state index contributed by atoms with van der Waals surface area (Å²) >= 11 is 0. The molecule has 0 aliphatic rings. The molecule has 1 heterocycles. The second-order valence-electron chi connectivity index (χ2n) is 4.12. The van der Waals surface area contributed by atoms with Crippen molar-refractivity contribution < 1.29 is 4.52 Å². The van der Waals surface area contributed by atoms with Crippen molar-refractivity contribution in [2.45, 2.75) is 0 Å². The molecule has 2 aromatic carbocycles. The Morgan fingerprint density at radius 1 is 0.850 bits per heavy atom. The average Bonchev–Trinajstić information content (AvgIpc) is 2.88. The fraction of sp³-hybridized carbons (Fsp3) is 0. The zero-order valence-electron chi connectivity index (χ0n) is 10.5. The summed E-state index contributed by atoms with van der Waals surface area (Å²) in [4.78, 5) is 11.7. The van der Waals surface area contributed by atoms with Gasteiger partial charge in [0.05, 0.1) is 5.69 Å². The Balaban J connectivity index is 2.01. The van der Waals surface area contributed by atoms with Crippen molar-refractivity contribution >= 4 is 11.4 Å². The highest BCUT2D eigenvalue weighted by Gasteiger charge is 2.13. The summed E-state index contributed by atoms with van der Waals surface area (Å²) in [6, 6.07) is 18.6. The molecule has 0 bridgehead atoms. The molecule has 0 saturated heterocycles. The van der Waals surface area contributed by atoms with Gasteiger partial charge in [-0.1, -0.05) is 48.5 Å². The van der Waals surface area contributed by atoms with Gasteiger partial charge in [-0.2, -0.15) is 5.11 Å². The van der Waals surface area contributed by atoms with Crippen LogP contribution in [0, 0.1) is 0 Å². The Bertz CT molecular complexity index is 774. The maximum atomic E-state index is 11.7. The zero-order chi connectivity index (χ0) is 13.8. The Morgan fingerprint density at radius 2 is 1.50 bits per heavy atom. The maximum Gasteiger partial charge on any atom is 0.385 e. The van der Waals surface area contributed by atoms with Crippen LogP contribution in [-0.4, -0.2) is 5.16 Å². The van der Waals surface area contributed by atoms with Crippen LogP contribution in [-0.2, 0) is 0 Å². The molecule has 0 spiro atoms. The molecule has 3 aromatic rings. The van der Waals surface area contributed by atoms with Crippen LogP contribution >= 0.6 is 0 Å². The Hall–Kier alpha value is -2.95. The molecular weight excluding hydrogens is 254 g/mol. The van der Waals surface area contributed by atoms with Crippen molar-refractivity contribution in [2.24, 2.45) is 10.2 Å². The number of nitrogens with one attached hydrogen (secondary N) is 1. The van der Waals surface area contributed by atoms with Crippen LogP contribution in [0.3, 0.4) is 0 Å². The van der Waals surface area contributed by atoms with Crippen LogP contribution in [0.5, 0.6) is 0 Å². The highest BCUT2D eigenvalue weighted by molar-refractivity contribution is 5.70. The number of hydrogen-bond donors (Lipinski definition) is 1. The smallest absolute Gasteiger partial charge is 0.336 e. The molecule has 1 aromatic heterocycles. The molecule has 1 N–H and O–H groups in total. The van der Waals surface area contributed by atoms with Crippen LogP contribution in [0.1, 0.15) is 0 Å². The van der Waals surface area contributed by atoms with Crippen molar-refractivity contribution in [3.05, 3.63) is 71.1 Å². The quantitative estimate of drug-likeness (QED) is 0.725. The van der Waals surface area contributed by atoms with E-state index in [0.717, 1.165) is 5.56 Å². The number of aromatic nitrogens is 1. The number of nitrogens with zero attached hydrogens (tertiary/aromatic N) is 2. The van der Waals surface area contributed by atoms with Gasteiger partial charge in [0.2, 0.25) is 0 Å². The fourth-order valence-corrected chi connectivity index (χ4v) is 1.79. The van der Waals surface area contributed by atoms with Crippen LogP contribution in [0.2, 0.25) is 0 Å². The first-order valence-corrected chi connectivity index (χ1v) is 6.08. The van der Waals surface area contributed by atoms with E-state index in [-0.39, 0.29) is 5.69 Å². The molecule has 0 amide bonds. The van der Waals surface area contributed by atoms with Gasteiger partial charge in [-0.3, -0.25) is 0 Å². The summed E-state index contributed by atoms with van der Waals surface area (Å²) in [6.07, 6.45) is 0. The number of azo groups is 1. The first-order valence-electron chi connectivity index (χ1n) is 6.08. The van der Waals surface area contributed by atoms with Crippen molar-refractivity contribution in [1.29, 1.82) is 0 Å². The fourth-order valence-electron chi connectivity index (χ4n) is 1.79. The number of hydrogen-bond acceptors (Lipinski definition) is 4. The first-order chi connectivity index (χ1) is 9.84. The maximum absolute atomic E-state index is 11.7. The average molecular weight is 265 g/mol. The van der Waals surface area contributed by atoms with Crippen LogP contribution in [0.15, 0.2) is 80.2 Å². The summed E-state index contributed by atoms with van der Waals surface area (Å²) in [5, 5.41) is 10.6. The molecule has 98 valence electrons. The third-order valence-electron chi connectivity index (χ3n) is 2.76. The van der Waals surface area contributed by atoms with Gasteiger partial charge in [0, 0.05) is 5.56 Å². The summed E-state index contributed by atoms with van der Waals surface area (Å²) in [7, 11) is 0. The summed E-state index contributed by atoms with van der Waals surface area (Å²) in [5.41, 5.74) is 1.64. The molecule has 20 heavy (non-hydrogen) atoms. The normalized spacial score (nSPS) is 11.0. The molecule has 5 nitrogen and oxygen atoms in total. The van der Waals surface area contributed by atoms with Crippen LogP contribution in [0.25, 0.3) is 11.3 Å². The highest BCUT2D eigenvalue weighted by Crippen LogP contribution is 2.26. The largest absolute Gasteiger partial charge is 0.385 e. The SMILES string of the molecule is O=c1o[nH]c(-c2ccccc2)c1N=Nc1ccccc1. The number of H-pyrrole nitrogens is 1. The van der Waals surface area contributed by atoms with Gasteiger partial charge < -0.3 is 4.52 Å². The second-order valence-corrected chi connectivity index (χ2v) is 4.12.